The molecule has 9 heteroatoms. The highest BCUT2D eigenvalue weighted by Gasteiger charge is 2.23. The molecular weight excluding hydrogens is 476 g/mol. The molecule has 1 amide bonds. The summed E-state index contributed by atoms with van der Waals surface area (Å²) in [5.41, 5.74) is 4.20. The van der Waals surface area contributed by atoms with Gasteiger partial charge in [-0.1, -0.05) is 55.8 Å². The zero-order valence-electron chi connectivity index (χ0n) is 21.8. The number of anilines is 1. The highest BCUT2D eigenvalue weighted by molar-refractivity contribution is 7.92. The summed E-state index contributed by atoms with van der Waals surface area (Å²) in [6, 6.07) is 7.97. The van der Waals surface area contributed by atoms with E-state index in [0.29, 0.717) is 11.6 Å². The van der Waals surface area contributed by atoms with Gasteiger partial charge >= 0.3 is 0 Å². The van der Waals surface area contributed by atoms with E-state index in [1.807, 2.05) is 45.0 Å². The van der Waals surface area contributed by atoms with Gasteiger partial charge in [0.2, 0.25) is 5.91 Å². The van der Waals surface area contributed by atoms with Crippen molar-refractivity contribution in [3.8, 4) is 11.3 Å². The zero-order valence-corrected chi connectivity index (χ0v) is 22.7. The second kappa shape index (κ2) is 12.7. The van der Waals surface area contributed by atoms with Gasteiger partial charge in [-0.15, -0.1) is 0 Å². The summed E-state index contributed by atoms with van der Waals surface area (Å²) in [5.74, 6) is 0.333. The van der Waals surface area contributed by atoms with E-state index in [1.165, 1.54) is 4.31 Å². The van der Waals surface area contributed by atoms with Crippen molar-refractivity contribution in [3.63, 3.8) is 0 Å². The number of carbonyl (C=O) groups excluding carboxylic acids is 1. The van der Waals surface area contributed by atoms with Crippen molar-refractivity contribution in [2.75, 3.05) is 30.7 Å². The van der Waals surface area contributed by atoms with Crippen molar-refractivity contribution in [2.45, 2.75) is 64.6 Å². The van der Waals surface area contributed by atoms with E-state index >= 15 is 0 Å². The van der Waals surface area contributed by atoms with Crippen LogP contribution in [0.3, 0.4) is 0 Å². The fourth-order valence-corrected chi connectivity index (χ4v) is 4.52. The Bertz CT molecular complexity index is 1050. The number of aryl methyl sites for hydroxylation is 1. The first-order valence-electron chi connectivity index (χ1n) is 12.4. The summed E-state index contributed by atoms with van der Waals surface area (Å²) in [6.45, 7) is 7.54. The van der Waals surface area contributed by atoms with E-state index in [1.54, 1.807) is 30.4 Å². The molecule has 2 N–H and O–H groups in total. The van der Waals surface area contributed by atoms with Crippen LogP contribution in [0.4, 0.5) is 5.95 Å². The van der Waals surface area contributed by atoms with Gasteiger partial charge in [0.15, 0.2) is 0 Å². The first-order valence-corrected chi connectivity index (χ1v) is 14.0. The minimum atomic E-state index is -1.29. The largest absolute Gasteiger partial charge is 0.593 e. The van der Waals surface area contributed by atoms with Crippen LogP contribution in [-0.4, -0.2) is 74.1 Å². The van der Waals surface area contributed by atoms with E-state index < -0.39 is 23.6 Å². The lowest BCUT2D eigenvalue weighted by molar-refractivity contribution is -0.132. The summed E-state index contributed by atoms with van der Waals surface area (Å²) in [5, 5.41) is 21.0. The number of aliphatic hydroxyl groups excluding tert-OH is 2. The summed E-state index contributed by atoms with van der Waals surface area (Å²) in [4.78, 5) is 23.5. The van der Waals surface area contributed by atoms with Gasteiger partial charge in [-0.05, 0) is 25.7 Å². The Morgan fingerprint density at radius 1 is 1.19 bits per heavy atom. The van der Waals surface area contributed by atoms with Crippen molar-refractivity contribution in [1.82, 2.24) is 14.9 Å². The molecule has 0 bridgehead atoms. The Morgan fingerprint density at radius 2 is 1.83 bits per heavy atom. The molecule has 2 unspecified atom stereocenters. The predicted molar refractivity (Wildman–Crippen MR) is 145 cm³/mol. The lowest BCUT2D eigenvalue weighted by Gasteiger charge is -2.21. The van der Waals surface area contributed by atoms with Crippen molar-refractivity contribution < 1.29 is 19.6 Å². The van der Waals surface area contributed by atoms with Crippen LogP contribution in [0.25, 0.3) is 17.3 Å². The third-order valence-electron chi connectivity index (χ3n) is 6.37. The lowest BCUT2D eigenvalue weighted by atomic mass is 9.97. The van der Waals surface area contributed by atoms with Crippen LogP contribution in [0.15, 0.2) is 30.3 Å². The van der Waals surface area contributed by atoms with Gasteiger partial charge in [0, 0.05) is 30.6 Å². The highest BCUT2D eigenvalue weighted by atomic mass is 32.2. The lowest BCUT2D eigenvalue weighted by Crippen LogP contribution is -2.31. The van der Waals surface area contributed by atoms with Crippen LogP contribution in [0, 0.1) is 6.92 Å². The molecule has 1 aliphatic rings. The SMILES string of the molecule is Cc1ccc(-c2nc(N(C)[S+](C)[O-])nc(C(C)C)c2/C=C/[C@@H](O)CC(O)CC(=O)N2CCCC2)cc1. The van der Waals surface area contributed by atoms with Gasteiger partial charge in [0.25, 0.3) is 5.95 Å². The molecule has 2 aromatic rings. The molecule has 0 saturated carbocycles. The third-order valence-corrected chi connectivity index (χ3v) is 7.30. The maximum Gasteiger partial charge on any atom is 0.268 e. The van der Waals surface area contributed by atoms with Crippen LogP contribution < -0.4 is 4.31 Å². The monoisotopic (exact) mass is 514 g/mol. The number of aromatic nitrogens is 2. The topological polar surface area (TPSA) is 113 Å². The number of benzene rings is 1. The Balaban J connectivity index is 1.89. The number of rotatable bonds is 10. The van der Waals surface area contributed by atoms with Gasteiger partial charge < -0.3 is 19.7 Å². The summed E-state index contributed by atoms with van der Waals surface area (Å²) < 4.78 is 13.7. The standard InChI is InChI=1S/C27H38N4O4S/c1-18(2)25-23(13-12-21(32)16-22(33)17-24(34)31-14-6-7-15-31)26(20-10-8-19(3)9-11-20)29-27(28-25)30(4)36(5)35/h8-13,18,21-22,32-33H,6-7,14-17H2,1-5H3/b13-12+/t21-,22?,36?/m1/s1. The molecule has 1 aromatic carbocycles. The summed E-state index contributed by atoms with van der Waals surface area (Å²) in [6.07, 6.45) is 5.18. The Morgan fingerprint density at radius 3 is 2.42 bits per heavy atom. The zero-order chi connectivity index (χ0) is 26.4. The molecule has 3 rings (SSSR count). The average Bonchev–Trinajstić information content (AvgIpc) is 3.37. The Kier molecular flexibility index (Phi) is 9.90. The normalized spacial score (nSPS) is 16.5. The Labute approximate surface area is 217 Å². The molecular formula is C27H38N4O4S. The molecule has 0 radical (unpaired) electrons. The second-order valence-corrected chi connectivity index (χ2v) is 11.1. The van der Waals surface area contributed by atoms with Crippen LogP contribution in [0.1, 0.15) is 62.3 Å². The maximum absolute atomic E-state index is 12.3. The van der Waals surface area contributed by atoms with Crippen molar-refractivity contribution in [2.24, 2.45) is 0 Å². The molecule has 0 spiro atoms. The predicted octanol–water partition coefficient (Wildman–Crippen LogP) is 3.44. The van der Waals surface area contributed by atoms with Crippen LogP contribution in [-0.2, 0) is 16.2 Å². The van der Waals surface area contributed by atoms with Gasteiger partial charge in [0.1, 0.15) is 6.26 Å². The van der Waals surface area contributed by atoms with Gasteiger partial charge in [0.05, 0.1) is 48.4 Å². The summed E-state index contributed by atoms with van der Waals surface area (Å²) >= 11 is -1.29. The van der Waals surface area contributed by atoms with E-state index in [4.69, 9.17) is 9.97 Å². The van der Waals surface area contributed by atoms with E-state index in [2.05, 4.69) is 0 Å². The number of nitrogens with zero attached hydrogens (tertiary/aromatic N) is 4. The minimum Gasteiger partial charge on any atom is -0.593 e. The number of amides is 1. The van der Waals surface area contributed by atoms with E-state index in [0.717, 1.165) is 48.3 Å². The highest BCUT2D eigenvalue weighted by Crippen LogP contribution is 2.31. The van der Waals surface area contributed by atoms with E-state index in [9.17, 15) is 19.6 Å². The van der Waals surface area contributed by atoms with Crippen molar-refractivity contribution >= 4 is 29.3 Å². The molecule has 0 aliphatic carbocycles. The molecule has 8 nitrogen and oxygen atoms in total. The molecule has 1 saturated heterocycles. The van der Waals surface area contributed by atoms with Crippen molar-refractivity contribution in [1.29, 1.82) is 0 Å². The fourth-order valence-electron chi connectivity index (χ4n) is 4.21. The van der Waals surface area contributed by atoms with Gasteiger partial charge in [-0.2, -0.15) is 4.31 Å². The third kappa shape index (κ3) is 7.29. The minimum absolute atomic E-state index is 0.00899. The smallest absolute Gasteiger partial charge is 0.268 e. The summed E-state index contributed by atoms with van der Waals surface area (Å²) in [7, 11) is 1.69. The van der Waals surface area contributed by atoms with Gasteiger partial charge in [-0.25, -0.2) is 9.97 Å². The number of hydrogen-bond donors (Lipinski definition) is 2. The number of carbonyl (C=O) groups is 1. The number of aliphatic hydroxyl groups is 2. The molecule has 36 heavy (non-hydrogen) atoms. The maximum atomic E-state index is 12.3. The average molecular weight is 515 g/mol. The Hall–Kier alpha value is -2.46. The molecule has 196 valence electrons. The van der Waals surface area contributed by atoms with Crippen LogP contribution >= 0.6 is 0 Å². The first-order chi connectivity index (χ1) is 17.1. The van der Waals surface area contributed by atoms with Gasteiger partial charge in [-0.3, -0.25) is 4.79 Å². The van der Waals surface area contributed by atoms with Crippen LogP contribution in [0.2, 0.25) is 0 Å². The van der Waals surface area contributed by atoms with Crippen molar-refractivity contribution in [3.05, 3.63) is 47.2 Å². The molecule has 1 aromatic heterocycles. The molecule has 1 fully saturated rings. The molecule has 3 atom stereocenters. The van der Waals surface area contributed by atoms with E-state index in [-0.39, 0.29) is 24.7 Å². The van der Waals surface area contributed by atoms with Crippen LogP contribution in [0.5, 0.6) is 0 Å². The molecule has 2 heterocycles. The molecule has 1 aliphatic heterocycles. The second-order valence-electron chi connectivity index (χ2n) is 9.72. The number of hydrogen-bond acceptors (Lipinski definition) is 7. The quantitative estimate of drug-likeness (QED) is 0.467. The number of likely N-dealkylation sites (tertiary alicyclic amines) is 1. The fraction of sp³-hybridized carbons (Fsp3) is 0.519. The first kappa shape index (κ1) is 28.1.